The first-order valence-corrected chi connectivity index (χ1v) is 7.86. The SMILES string of the molecule is Cc1nc(C)c(S(=O)(=O)Nc2ccc(O)c(C)c2)s1. The Labute approximate surface area is 116 Å². The Kier molecular flexibility index (Phi) is 3.51. The average molecular weight is 298 g/mol. The minimum absolute atomic E-state index is 0.132. The Morgan fingerprint density at radius 3 is 2.47 bits per heavy atom. The van der Waals surface area contributed by atoms with E-state index >= 15 is 0 Å². The maximum atomic E-state index is 12.2. The molecule has 0 aliphatic carbocycles. The third-order valence-corrected chi connectivity index (χ3v) is 5.62. The molecular weight excluding hydrogens is 284 g/mol. The highest BCUT2D eigenvalue weighted by molar-refractivity contribution is 7.94. The first kappa shape index (κ1) is 13.8. The zero-order valence-electron chi connectivity index (χ0n) is 10.8. The second-order valence-corrected chi connectivity index (χ2v) is 7.29. The van der Waals surface area contributed by atoms with Gasteiger partial charge in [0.05, 0.1) is 10.7 Å². The van der Waals surface area contributed by atoms with Gasteiger partial charge in [-0.1, -0.05) is 0 Å². The van der Waals surface area contributed by atoms with E-state index in [0.717, 1.165) is 11.3 Å². The molecule has 0 aliphatic rings. The molecule has 19 heavy (non-hydrogen) atoms. The Bertz CT molecular complexity index is 721. The molecule has 0 saturated carbocycles. The molecule has 7 heteroatoms. The lowest BCUT2D eigenvalue weighted by Gasteiger charge is -2.08. The summed E-state index contributed by atoms with van der Waals surface area (Å²) in [6.45, 7) is 5.14. The number of anilines is 1. The van der Waals surface area contributed by atoms with Gasteiger partial charge in [0.2, 0.25) is 0 Å². The van der Waals surface area contributed by atoms with Crippen molar-refractivity contribution in [1.29, 1.82) is 0 Å². The summed E-state index contributed by atoms with van der Waals surface area (Å²) in [6, 6.07) is 4.55. The summed E-state index contributed by atoms with van der Waals surface area (Å²) in [6.07, 6.45) is 0. The van der Waals surface area contributed by atoms with Crippen LogP contribution in [0.2, 0.25) is 0 Å². The fraction of sp³-hybridized carbons (Fsp3) is 0.250. The third kappa shape index (κ3) is 2.87. The Morgan fingerprint density at radius 2 is 1.95 bits per heavy atom. The van der Waals surface area contributed by atoms with Crippen LogP contribution in [0.3, 0.4) is 0 Å². The summed E-state index contributed by atoms with van der Waals surface area (Å²) < 4.78 is 27.2. The van der Waals surface area contributed by atoms with Gasteiger partial charge >= 0.3 is 0 Å². The van der Waals surface area contributed by atoms with Gasteiger partial charge in [0.1, 0.15) is 5.75 Å². The summed E-state index contributed by atoms with van der Waals surface area (Å²) in [7, 11) is -3.63. The molecule has 0 aliphatic heterocycles. The number of aryl methyl sites for hydroxylation is 3. The Balaban J connectivity index is 2.36. The Hall–Kier alpha value is -1.60. The highest BCUT2D eigenvalue weighted by Gasteiger charge is 2.21. The van der Waals surface area contributed by atoms with E-state index in [4.69, 9.17) is 0 Å². The topological polar surface area (TPSA) is 79.3 Å². The number of aromatic nitrogens is 1. The summed E-state index contributed by atoms with van der Waals surface area (Å²) in [4.78, 5) is 4.11. The molecule has 2 N–H and O–H groups in total. The molecule has 5 nitrogen and oxygen atoms in total. The molecule has 2 aromatic rings. The minimum atomic E-state index is -3.63. The lowest BCUT2D eigenvalue weighted by atomic mass is 10.2. The smallest absolute Gasteiger partial charge is 0.273 e. The summed E-state index contributed by atoms with van der Waals surface area (Å²) in [5.74, 6) is 0.132. The summed E-state index contributed by atoms with van der Waals surface area (Å²) in [5, 5.41) is 10.1. The van der Waals surface area contributed by atoms with Gasteiger partial charge in [-0.3, -0.25) is 4.72 Å². The maximum absolute atomic E-state index is 12.2. The van der Waals surface area contributed by atoms with Gasteiger partial charge in [-0.05, 0) is 44.5 Å². The fourth-order valence-electron chi connectivity index (χ4n) is 1.68. The predicted octanol–water partition coefficient (Wildman–Crippen LogP) is 2.57. The highest BCUT2D eigenvalue weighted by atomic mass is 32.2. The highest BCUT2D eigenvalue weighted by Crippen LogP contribution is 2.27. The molecule has 1 heterocycles. The van der Waals surface area contributed by atoms with Gasteiger partial charge < -0.3 is 5.11 Å². The van der Waals surface area contributed by atoms with Crippen LogP contribution in [0.25, 0.3) is 0 Å². The molecule has 0 saturated heterocycles. The second kappa shape index (κ2) is 4.82. The normalized spacial score (nSPS) is 11.5. The van der Waals surface area contributed by atoms with E-state index in [2.05, 4.69) is 9.71 Å². The van der Waals surface area contributed by atoms with E-state index < -0.39 is 10.0 Å². The number of benzene rings is 1. The molecule has 0 fully saturated rings. The molecule has 0 atom stereocenters. The van der Waals surface area contributed by atoms with Crippen LogP contribution in [0.4, 0.5) is 5.69 Å². The molecule has 2 rings (SSSR count). The van der Waals surface area contributed by atoms with E-state index in [1.165, 1.54) is 12.1 Å². The molecule has 1 aromatic carbocycles. The van der Waals surface area contributed by atoms with E-state index in [1.54, 1.807) is 26.8 Å². The first-order valence-electron chi connectivity index (χ1n) is 5.56. The number of hydrogen-bond donors (Lipinski definition) is 2. The van der Waals surface area contributed by atoms with Gasteiger partial charge in [-0.2, -0.15) is 0 Å². The number of hydrogen-bond acceptors (Lipinski definition) is 5. The van der Waals surface area contributed by atoms with Crippen LogP contribution in [0.15, 0.2) is 22.4 Å². The monoisotopic (exact) mass is 298 g/mol. The van der Waals surface area contributed by atoms with Crippen molar-refractivity contribution < 1.29 is 13.5 Å². The van der Waals surface area contributed by atoms with Gasteiger partial charge in [-0.25, -0.2) is 13.4 Å². The van der Waals surface area contributed by atoms with Crippen LogP contribution < -0.4 is 4.72 Å². The average Bonchev–Trinajstić information content (AvgIpc) is 2.63. The quantitative estimate of drug-likeness (QED) is 0.854. The van der Waals surface area contributed by atoms with E-state index in [1.807, 2.05) is 0 Å². The molecule has 102 valence electrons. The van der Waals surface area contributed by atoms with Crippen LogP contribution in [-0.4, -0.2) is 18.5 Å². The molecule has 0 amide bonds. The number of aromatic hydroxyl groups is 1. The zero-order valence-corrected chi connectivity index (χ0v) is 12.4. The number of thiazole rings is 1. The van der Waals surface area contributed by atoms with Crippen LogP contribution in [0.5, 0.6) is 5.75 Å². The summed E-state index contributed by atoms with van der Waals surface area (Å²) in [5.41, 5.74) is 1.52. The van der Waals surface area contributed by atoms with Crippen LogP contribution in [-0.2, 0) is 10.0 Å². The number of phenolic OH excluding ortho intramolecular Hbond substituents is 1. The van der Waals surface area contributed by atoms with Gasteiger partial charge in [-0.15, -0.1) is 11.3 Å². The van der Waals surface area contributed by atoms with E-state index in [-0.39, 0.29) is 9.96 Å². The largest absolute Gasteiger partial charge is 0.508 e. The second-order valence-electron chi connectivity index (χ2n) is 4.21. The summed E-state index contributed by atoms with van der Waals surface area (Å²) >= 11 is 1.14. The fourth-order valence-corrected chi connectivity index (χ4v) is 4.22. The Morgan fingerprint density at radius 1 is 1.26 bits per heavy atom. The lowest BCUT2D eigenvalue weighted by molar-refractivity contribution is 0.471. The molecule has 0 unspecified atom stereocenters. The van der Waals surface area contributed by atoms with Crippen molar-refractivity contribution in [3.05, 3.63) is 34.5 Å². The van der Waals surface area contributed by atoms with Crippen molar-refractivity contribution in [3.63, 3.8) is 0 Å². The van der Waals surface area contributed by atoms with Gasteiger partial charge in [0.15, 0.2) is 4.21 Å². The number of nitrogens with zero attached hydrogens (tertiary/aromatic N) is 1. The molecule has 0 radical (unpaired) electrons. The number of sulfonamides is 1. The van der Waals surface area contributed by atoms with Crippen molar-refractivity contribution in [2.24, 2.45) is 0 Å². The van der Waals surface area contributed by atoms with Crippen molar-refractivity contribution in [3.8, 4) is 5.75 Å². The molecule has 1 aromatic heterocycles. The van der Waals surface area contributed by atoms with E-state index in [0.29, 0.717) is 22.0 Å². The number of nitrogens with one attached hydrogen (secondary N) is 1. The lowest BCUT2D eigenvalue weighted by Crippen LogP contribution is -2.12. The number of rotatable bonds is 3. The third-order valence-electron chi connectivity index (χ3n) is 2.55. The van der Waals surface area contributed by atoms with Gasteiger partial charge in [0, 0.05) is 5.69 Å². The zero-order chi connectivity index (χ0) is 14.2. The van der Waals surface area contributed by atoms with Crippen molar-refractivity contribution in [2.75, 3.05) is 4.72 Å². The van der Waals surface area contributed by atoms with Crippen molar-refractivity contribution in [2.45, 2.75) is 25.0 Å². The predicted molar refractivity (Wildman–Crippen MR) is 75.2 cm³/mol. The maximum Gasteiger partial charge on any atom is 0.273 e. The first-order chi connectivity index (χ1) is 8.79. The van der Waals surface area contributed by atoms with Crippen molar-refractivity contribution >= 4 is 27.0 Å². The molecule has 0 bridgehead atoms. The minimum Gasteiger partial charge on any atom is -0.508 e. The van der Waals surface area contributed by atoms with Gasteiger partial charge in [0.25, 0.3) is 10.0 Å². The van der Waals surface area contributed by atoms with Crippen LogP contribution in [0, 0.1) is 20.8 Å². The van der Waals surface area contributed by atoms with Crippen LogP contribution >= 0.6 is 11.3 Å². The van der Waals surface area contributed by atoms with E-state index in [9.17, 15) is 13.5 Å². The van der Waals surface area contributed by atoms with Crippen LogP contribution in [0.1, 0.15) is 16.3 Å². The number of phenols is 1. The molecule has 0 spiro atoms. The molecular formula is C12H14N2O3S2. The standard InChI is InChI=1S/C12H14N2O3S2/c1-7-6-10(4-5-11(7)15)14-19(16,17)12-8(2)13-9(3)18-12/h4-6,14-15H,1-3H3. The van der Waals surface area contributed by atoms with Crippen molar-refractivity contribution in [1.82, 2.24) is 4.98 Å².